The number of carbonyl (C=O) groups is 1. The van der Waals surface area contributed by atoms with Gasteiger partial charge < -0.3 is 15.3 Å². The average molecular weight is 331 g/mol. The first-order valence-corrected chi connectivity index (χ1v) is 8.01. The molecule has 3 rings (SSSR count). The van der Waals surface area contributed by atoms with Gasteiger partial charge in [0.05, 0.1) is 12.6 Å². The number of aliphatic hydroxyl groups excluding tert-OH is 1. The van der Waals surface area contributed by atoms with E-state index in [4.69, 9.17) is 11.6 Å². The third kappa shape index (κ3) is 3.05. The van der Waals surface area contributed by atoms with Crippen LogP contribution < -0.4 is 5.32 Å². The van der Waals surface area contributed by atoms with Gasteiger partial charge in [0.25, 0.3) is 0 Å². The quantitative estimate of drug-likeness (QED) is 0.880. The van der Waals surface area contributed by atoms with Crippen LogP contribution >= 0.6 is 11.6 Å². The molecule has 23 heavy (non-hydrogen) atoms. The van der Waals surface area contributed by atoms with Crippen molar-refractivity contribution in [2.45, 2.75) is 19.4 Å². The lowest BCUT2D eigenvalue weighted by Gasteiger charge is -2.36. The van der Waals surface area contributed by atoms with E-state index >= 15 is 0 Å². The number of amides is 2. The molecule has 2 N–H and O–H groups in total. The van der Waals surface area contributed by atoms with E-state index in [1.807, 2.05) is 37.3 Å². The van der Waals surface area contributed by atoms with Gasteiger partial charge in [0.2, 0.25) is 0 Å². The monoisotopic (exact) mass is 330 g/mol. The number of nitrogens with one attached hydrogen (secondary N) is 1. The molecule has 1 unspecified atom stereocenters. The Morgan fingerprint density at radius 3 is 2.87 bits per heavy atom. The number of anilines is 1. The van der Waals surface area contributed by atoms with E-state index in [1.54, 1.807) is 17.0 Å². The third-order valence-corrected chi connectivity index (χ3v) is 4.76. The van der Waals surface area contributed by atoms with Crippen molar-refractivity contribution >= 4 is 23.3 Å². The number of nitrogens with zero attached hydrogens (tertiary/aromatic N) is 1. The van der Waals surface area contributed by atoms with E-state index in [1.165, 1.54) is 5.56 Å². The molecule has 1 heterocycles. The first-order chi connectivity index (χ1) is 11.1. The van der Waals surface area contributed by atoms with Crippen LogP contribution in [0.15, 0.2) is 42.5 Å². The summed E-state index contributed by atoms with van der Waals surface area (Å²) in [5.41, 5.74) is 3.73. The minimum atomic E-state index is -0.320. The second-order valence-electron chi connectivity index (χ2n) is 5.68. The fraction of sp³-hybridized carbons (Fsp3) is 0.278. The largest absolute Gasteiger partial charge is 0.394 e. The Morgan fingerprint density at radius 1 is 1.30 bits per heavy atom. The van der Waals surface area contributed by atoms with Crippen molar-refractivity contribution in [2.24, 2.45) is 0 Å². The number of hydrogen-bond donors (Lipinski definition) is 2. The number of benzene rings is 2. The van der Waals surface area contributed by atoms with Gasteiger partial charge >= 0.3 is 6.03 Å². The van der Waals surface area contributed by atoms with Gasteiger partial charge in [-0.1, -0.05) is 41.9 Å². The predicted molar refractivity (Wildman–Crippen MR) is 91.9 cm³/mol. The van der Waals surface area contributed by atoms with Crippen LogP contribution in [0.3, 0.4) is 0 Å². The van der Waals surface area contributed by atoms with E-state index in [0.29, 0.717) is 17.3 Å². The molecule has 0 bridgehead atoms. The number of halogens is 1. The highest BCUT2D eigenvalue weighted by atomic mass is 35.5. The Morgan fingerprint density at radius 2 is 2.09 bits per heavy atom. The second kappa shape index (κ2) is 6.60. The van der Waals surface area contributed by atoms with Crippen molar-refractivity contribution in [3.05, 3.63) is 64.2 Å². The molecule has 0 aromatic heterocycles. The normalized spacial score (nSPS) is 16.8. The van der Waals surface area contributed by atoms with Crippen molar-refractivity contribution in [2.75, 3.05) is 18.5 Å². The molecule has 2 aromatic rings. The zero-order valence-corrected chi connectivity index (χ0v) is 13.7. The van der Waals surface area contributed by atoms with E-state index in [9.17, 15) is 9.90 Å². The maximum absolute atomic E-state index is 12.7. The average Bonchev–Trinajstić information content (AvgIpc) is 2.57. The van der Waals surface area contributed by atoms with Crippen molar-refractivity contribution in [3.63, 3.8) is 0 Å². The first kappa shape index (κ1) is 15.8. The van der Waals surface area contributed by atoms with Gasteiger partial charge in [0, 0.05) is 17.3 Å². The minimum absolute atomic E-state index is 0.0983. The van der Waals surface area contributed by atoms with Crippen molar-refractivity contribution in [3.8, 4) is 0 Å². The lowest BCUT2D eigenvalue weighted by atomic mass is 9.93. The highest BCUT2D eigenvalue weighted by Gasteiger charge is 2.30. The zero-order chi connectivity index (χ0) is 16.4. The summed E-state index contributed by atoms with van der Waals surface area (Å²) in [6, 6.07) is 12.8. The third-order valence-electron chi connectivity index (χ3n) is 4.36. The van der Waals surface area contributed by atoms with Crippen molar-refractivity contribution < 1.29 is 9.90 Å². The lowest BCUT2D eigenvalue weighted by Crippen LogP contribution is -2.43. The summed E-state index contributed by atoms with van der Waals surface area (Å²) in [6.45, 7) is 2.35. The molecule has 2 amide bonds. The predicted octanol–water partition coefficient (Wildman–Crippen LogP) is 3.77. The standard InChI is InChI=1S/C18H19ClN2O2/c1-12-15(19)7-4-8-16(12)20-18(23)21-10-9-13-5-2-3-6-14(13)17(21)11-22/h2-8,17,22H,9-11H2,1H3,(H,20,23). The molecule has 2 aromatic carbocycles. The van der Waals surface area contributed by atoms with E-state index < -0.39 is 0 Å². The second-order valence-corrected chi connectivity index (χ2v) is 6.09. The SMILES string of the molecule is Cc1c(Cl)cccc1NC(=O)N1CCc2ccccc2C1CO. The Hall–Kier alpha value is -2.04. The topological polar surface area (TPSA) is 52.6 Å². The summed E-state index contributed by atoms with van der Waals surface area (Å²) in [4.78, 5) is 14.4. The number of urea groups is 1. The van der Waals surface area contributed by atoms with E-state index in [2.05, 4.69) is 5.32 Å². The fourth-order valence-electron chi connectivity index (χ4n) is 3.02. The molecule has 0 saturated carbocycles. The molecular weight excluding hydrogens is 312 g/mol. The van der Waals surface area contributed by atoms with Crippen LogP contribution in [0.1, 0.15) is 22.7 Å². The molecule has 0 spiro atoms. The van der Waals surface area contributed by atoms with Crippen LogP contribution in [-0.2, 0) is 6.42 Å². The Bertz CT molecular complexity index is 733. The van der Waals surface area contributed by atoms with Crippen molar-refractivity contribution in [1.29, 1.82) is 0 Å². The first-order valence-electron chi connectivity index (χ1n) is 7.63. The molecule has 1 aliphatic heterocycles. The summed E-state index contributed by atoms with van der Waals surface area (Å²) >= 11 is 6.10. The Balaban J connectivity index is 1.84. The molecule has 0 radical (unpaired) electrons. The van der Waals surface area contributed by atoms with Gasteiger partial charge in [0.1, 0.15) is 0 Å². The van der Waals surface area contributed by atoms with E-state index in [0.717, 1.165) is 17.5 Å². The Kier molecular flexibility index (Phi) is 4.55. The summed E-state index contributed by atoms with van der Waals surface area (Å²) in [6.07, 6.45) is 0.786. The Labute approximate surface area is 140 Å². The number of hydrogen-bond acceptors (Lipinski definition) is 2. The molecule has 4 nitrogen and oxygen atoms in total. The van der Waals surface area contributed by atoms with Gasteiger partial charge in [-0.2, -0.15) is 0 Å². The molecule has 0 aliphatic carbocycles. The molecule has 0 saturated heterocycles. The van der Waals surface area contributed by atoms with Gasteiger partial charge in [-0.25, -0.2) is 4.79 Å². The smallest absolute Gasteiger partial charge is 0.322 e. The van der Waals surface area contributed by atoms with Gasteiger partial charge in [-0.05, 0) is 42.2 Å². The van der Waals surface area contributed by atoms with Crippen LogP contribution in [-0.4, -0.2) is 29.2 Å². The van der Waals surface area contributed by atoms with Crippen molar-refractivity contribution in [1.82, 2.24) is 4.90 Å². The molecular formula is C18H19ClN2O2. The molecule has 1 atom stereocenters. The highest BCUT2D eigenvalue weighted by Crippen LogP contribution is 2.30. The van der Waals surface area contributed by atoms with Crippen LogP contribution in [0.4, 0.5) is 10.5 Å². The van der Waals surface area contributed by atoms with Crippen LogP contribution in [0.25, 0.3) is 0 Å². The summed E-state index contributed by atoms with van der Waals surface area (Å²) in [7, 11) is 0. The van der Waals surface area contributed by atoms with Crippen LogP contribution in [0, 0.1) is 6.92 Å². The summed E-state index contributed by atoms with van der Waals surface area (Å²) in [5, 5.41) is 13.3. The van der Waals surface area contributed by atoms with Crippen LogP contribution in [0.5, 0.6) is 0 Å². The fourth-order valence-corrected chi connectivity index (χ4v) is 3.20. The molecule has 5 heteroatoms. The zero-order valence-electron chi connectivity index (χ0n) is 12.9. The highest BCUT2D eigenvalue weighted by molar-refractivity contribution is 6.31. The number of carbonyl (C=O) groups excluding carboxylic acids is 1. The van der Waals surface area contributed by atoms with E-state index in [-0.39, 0.29) is 18.7 Å². The maximum Gasteiger partial charge on any atom is 0.322 e. The lowest BCUT2D eigenvalue weighted by molar-refractivity contribution is 0.135. The molecule has 1 aliphatic rings. The number of aliphatic hydroxyl groups is 1. The van der Waals surface area contributed by atoms with Crippen LogP contribution in [0.2, 0.25) is 5.02 Å². The van der Waals surface area contributed by atoms with Gasteiger partial charge in [0.15, 0.2) is 0 Å². The maximum atomic E-state index is 12.7. The summed E-state index contributed by atoms with van der Waals surface area (Å²) < 4.78 is 0. The minimum Gasteiger partial charge on any atom is -0.394 e. The van der Waals surface area contributed by atoms with Gasteiger partial charge in [-0.3, -0.25) is 0 Å². The molecule has 120 valence electrons. The number of fused-ring (bicyclic) bond motifs is 1. The number of rotatable bonds is 2. The molecule has 0 fully saturated rings. The van der Waals surface area contributed by atoms with Gasteiger partial charge in [-0.15, -0.1) is 0 Å². The summed E-state index contributed by atoms with van der Waals surface area (Å²) in [5.74, 6) is 0.